The Balaban J connectivity index is 2.23. The fourth-order valence-electron chi connectivity index (χ4n) is 1.54. The first kappa shape index (κ1) is 13.8. The first-order chi connectivity index (χ1) is 8.99. The van der Waals surface area contributed by atoms with Crippen LogP contribution in [0.25, 0.3) is 0 Å². The summed E-state index contributed by atoms with van der Waals surface area (Å²) in [5, 5.41) is 0. The van der Waals surface area contributed by atoms with E-state index in [1.807, 2.05) is 6.07 Å². The normalized spacial score (nSPS) is 11.4. The molecule has 0 unspecified atom stereocenters. The van der Waals surface area contributed by atoms with Gasteiger partial charge in [-0.2, -0.15) is 13.2 Å². The maximum absolute atomic E-state index is 12.6. The van der Waals surface area contributed by atoms with Gasteiger partial charge >= 0.3 is 6.18 Å². The van der Waals surface area contributed by atoms with Crippen LogP contribution < -0.4 is 4.74 Å². The number of hydrogen-bond acceptors (Lipinski definition) is 2. The molecule has 0 aromatic heterocycles. The Bertz CT molecular complexity index is 567. The van der Waals surface area contributed by atoms with Crippen molar-refractivity contribution in [1.29, 1.82) is 0 Å². The van der Waals surface area contributed by atoms with Crippen molar-refractivity contribution in [3.8, 4) is 5.75 Å². The van der Waals surface area contributed by atoms with E-state index in [-0.39, 0.29) is 0 Å². The molecule has 0 bridgehead atoms. The Morgan fingerprint density at radius 1 is 0.947 bits per heavy atom. The van der Waals surface area contributed by atoms with Crippen molar-refractivity contribution in [2.45, 2.75) is 16.0 Å². The summed E-state index contributed by atoms with van der Waals surface area (Å²) >= 11 is 1.27. The van der Waals surface area contributed by atoms with E-state index in [0.717, 1.165) is 17.0 Å². The van der Waals surface area contributed by atoms with Crippen molar-refractivity contribution < 1.29 is 17.9 Å². The Hall–Kier alpha value is -1.62. The van der Waals surface area contributed by atoms with Crippen molar-refractivity contribution in [1.82, 2.24) is 0 Å². The summed E-state index contributed by atoms with van der Waals surface area (Å²) in [6, 6.07) is 12.5. The van der Waals surface area contributed by atoms with Crippen LogP contribution in [0.2, 0.25) is 0 Å². The third kappa shape index (κ3) is 3.67. The van der Waals surface area contributed by atoms with Crippen molar-refractivity contribution >= 4 is 11.8 Å². The minimum absolute atomic E-state index is 0.545. The second kappa shape index (κ2) is 5.57. The molecule has 0 saturated carbocycles. The molecular formula is C14H11F3OS. The highest BCUT2D eigenvalue weighted by atomic mass is 32.2. The van der Waals surface area contributed by atoms with E-state index in [0.29, 0.717) is 10.6 Å². The molecule has 2 aromatic carbocycles. The molecule has 100 valence electrons. The largest absolute Gasteiger partial charge is 0.497 e. The van der Waals surface area contributed by atoms with Crippen LogP contribution in [0.3, 0.4) is 0 Å². The van der Waals surface area contributed by atoms with Crippen LogP contribution in [0.1, 0.15) is 5.56 Å². The standard InChI is InChI=1S/C14H11F3OS/c1-18-11-5-3-7-13(9-11)19-12-6-2-4-10(8-12)14(15,16)17/h2-9H,1H3. The van der Waals surface area contributed by atoms with Gasteiger partial charge < -0.3 is 4.74 Å². The third-order valence-electron chi connectivity index (χ3n) is 2.44. The molecule has 1 nitrogen and oxygen atoms in total. The zero-order valence-corrected chi connectivity index (χ0v) is 10.9. The lowest BCUT2D eigenvalue weighted by Gasteiger charge is -2.09. The lowest BCUT2D eigenvalue weighted by atomic mass is 10.2. The first-order valence-corrected chi connectivity index (χ1v) is 6.30. The molecule has 5 heteroatoms. The molecule has 0 aliphatic carbocycles. The average Bonchev–Trinajstić information content (AvgIpc) is 2.38. The van der Waals surface area contributed by atoms with E-state index in [4.69, 9.17) is 4.74 Å². The monoisotopic (exact) mass is 284 g/mol. The molecule has 19 heavy (non-hydrogen) atoms. The summed E-state index contributed by atoms with van der Waals surface area (Å²) in [7, 11) is 1.55. The Labute approximate surface area is 113 Å². The molecule has 0 spiro atoms. The second-order valence-corrected chi connectivity index (χ2v) is 4.95. The summed E-state index contributed by atoms with van der Waals surface area (Å²) < 4.78 is 42.9. The zero-order chi connectivity index (χ0) is 13.9. The van der Waals surface area contributed by atoms with Crippen LogP contribution in [-0.4, -0.2) is 7.11 Å². The predicted octanol–water partition coefficient (Wildman–Crippen LogP) is 4.87. The van der Waals surface area contributed by atoms with Gasteiger partial charge in [-0.1, -0.05) is 23.9 Å². The van der Waals surface area contributed by atoms with E-state index in [1.54, 1.807) is 31.4 Å². The quantitative estimate of drug-likeness (QED) is 0.795. The molecule has 0 N–H and O–H groups in total. The number of ether oxygens (including phenoxy) is 1. The third-order valence-corrected chi connectivity index (χ3v) is 3.42. The van der Waals surface area contributed by atoms with Gasteiger partial charge in [-0.15, -0.1) is 0 Å². The van der Waals surface area contributed by atoms with Crippen LogP contribution in [0.15, 0.2) is 58.3 Å². The maximum atomic E-state index is 12.6. The number of rotatable bonds is 3. The van der Waals surface area contributed by atoms with E-state index in [2.05, 4.69) is 0 Å². The van der Waals surface area contributed by atoms with Gasteiger partial charge in [-0.3, -0.25) is 0 Å². The summed E-state index contributed by atoms with van der Waals surface area (Å²) in [5.74, 6) is 0.678. The predicted molar refractivity (Wildman–Crippen MR) is 68.6 cm³/mol. The molecule has 0 aliphatic rings. The molecule has 2 rings (SSSR count). The minimum atomic E-state index is -4.31. The Morgan fingerprint density at radius 2 is 1.58 bits per heavy atom. The van der Waals surface area contributed by atoms with Crippen LogP contribution in [-0.2, 0) is 6.18 Å². The molecule has 0 radical (unpaired) electrons. The van der Waals surface area contributed by atoms with Crippen LogP contribution in [0, 0.1) is 0 Å². The van der Waals surface area contributed by atoms with E-state index in [1.165, 1.54) is 17.8 Å². The SMILES string of the molecule is COc1cccc(Sc2cccc(C(F)(F)F)c2)c1. The average molecular weight is 284 g/mol. The fourth-order valence-corrected chi connectivity index (χ4v) is 2.46. The van der Waals surface area contributed by atoms with Crippen molar-refractivity contribution in [2.75, 3.05) is 7.11 Å². The van der Waals surface area contributed by atoms with Crippen molar-refractivity contribution in [2.24, 2.45) is 0 Å². The van der Waals surface area contributed by atoms with E-state index < -0.39 is 11.7 Å². The summed E-state index contributed by atoms with van der Waals surface area (Å²) in [4.78, 5) is 1.38. The number of benzene rings is 2. The lowest BCUT2D eigenvalue weighted by molar-refractivity contribution is -0.137. The fraction of sp³-hybridized carbons (Fsp3) is 0.143. The molecule has 0 saturated heterocycles. The van der Waals surface area contributed by atoms with Crippen molar-refractivity contribution in [3.63, 3.8) is 0 Å². The molecule has 0 amide bonds. The van der Waals surface area contributed by atoms with Gasteiger partial charge in [0.25, 0.3) is 0 Å². The van der Waals surface area contributed by atoms with Gasteiger partial charge in [0, 0.05) is 9.79 Å². The first-order valence-electron chi connectivity index (χ1n) is 5.48. The second-order valence-electron chi connectivity index (χ2n) is 3.81. The van der Waals surface area contributed by atoms with Gasteiger partial charge in [0.15, 0.2) is 0 Å². The highest BCUT2D eigenvalue weighted by Gasteiger charge is 2.30. The molecule has 0 fully saturated rings. The molecule has 0 heterocycles. The number of hydrogen-bond donors (Lipinski definition) is 0. The van der Waals surface area contributed by atoms with Gasteiger partial charge in [0.05, 0.1) is 12.7 Å². The molecule has 2 aromatic rings. The smallest absolute Gasteiger partial charge is 0.416 e. The summed E-state index contributed by atoms with van der Waals surface area (Å²) in [6.07, 6.45) is -4.31. The zero-order valence-electron chi connectivity index (χ0n) is 10.1. The van der Waals surface area contributed by atoms with E-state index >= 15 is 0 Å². The van der Waals surface area contributed by atoms with Crippen LogP contribution >= 0.6 is 11.8 Å². The van der Waals surface area contributed by atoms with E-state index in [9.17, 15) is 13.2 Å². The Kier molecular flexibility index (Phi) is 4.04. The summed E-state index contributed by atoms with van der Waals surface area (Å²) in [5.41, 5.74) is -0.639. The topological polar surface area (TPSA) is 9.23 Å². The Morgan fingerprint density at radius 3 is 2.21 bits per heavy atom. The molecular weight excluding hydrogens is 273 g/mol. The van der Waals surface area contributed by atoms with Crippen LogP contribution in [0.4, 0.5) is 13.2 Å². The van der Waals surface area contributed by atoms with Crippen molar-refractivity contribution in [3.05, 3.63) is 54.1 Å². The van der Waals surface area contributed by atoms with Gasteiger partial charge in [0.2, 0.25) is 0 Å². The molecule has 0 aliphatic heterocycles. The molecule has 0 atom stereocenters. The number of methoxy groups -OCH3 is 1. The minimum Gasteiger partial charge on any atom is -0.497 e. The van der Waals surface area contributed by atoms with Gasteiger partial charge in [0.1, 0.15) is 5.75 Å². The van der Waals surface area contributed by atoms with Gasteiger partial charge in [-0.25, -0.2) is 0 Å². The lowest BCUT2D eigenvalue weighted by Crippen LogP contribution is -2.04. The summed E-state index contributed by atoms with van der Waals surface area (Å²) in [6.45, 7) is 0. The van der Waals surface area contributed by atoms with Crippen LogP contribution in [0.5, 0.6) is 5.75 Å². The highest BCUT2D eigenvalue weighted by molar-refractivity contribution is 7.99. The number of alkyl halides is 3. The number of halogens is 3. The maximum Gasteiger partial charge on any atom is 0.416 e. The van der Waals surface area contributed by atoms with Gasteiger partial charge in [-0.05, 0) is 36.4 Å². The highest BCUT2D eigenvalue weighted by Crippen LogP contribution is 2.35.